The molecule has 0 aliphatic heterocycles. The maximum absolute atomic E-state index is 14.0. The van der Waals surface area contributed by atoms with Crippen LogP contribution in [0.3, 0.4) is 0 Å². The SMILES string of the molecule is CC(C)(C)C(CCO)NS(=O)(=O)c1cc(N)cc(Br)c1F. The molecule has 1 aromatic carbocycles. The van der Waals surface area contributed by atoms with Gasteiger partial charge < -0.3 is 10.8 Å². The van der Waals surface area contributed by atoms with Crippen LogP contribution >= 0.6 is 15.9 Å². The molecule has 0 heterocycles. The first-order chi connectivity index (χ1) is 9.49. The van der Waals surface area contributed by atoms with E-state index in [-0.39, 0.29) is 23.2 Å². The Morgan fingerprint density at radius 1 is 1.43 bits per heavy atom. The number of nitrogen functional groups attached to an aromatic ring is 1. The second-order valence-electron chi connectivity index (χ2n) is 5.87. The van der Waals surface area contributed by atoms with Crippen molar-refractivity contribution in [1.82, 2.24) is 4.72 Å². The maximum Gasteiger partial charge on any atom is 0.243 e. The molecule has 0 aliphatic rings. The highest BCUT2D eigenvalue weighted by atomic mass is 79.9. The van der Waals surface area contributed by atoms with Gasteiger partial charge in [0.15, 0.2) is 5.82 Å². The van der Waals surface area contributed by atoms with Crippen LogP contribution in [0.4, 0.5) is 10.1 Å². The van der Waals surface area contributed by atoms with Crippen LogP contribution in [0.5, 0.6) is 0 Å². The first-order valence-corrected chi connectivity index (χ1v) is 8.64. The van der Waals surface area contributed by atoms with Gasteiger partial charge in [-0.3, -0.25) is 0 Å². The third-order valence-electron chi connectivity index (χ3n) is 3.07. The Kier molecular flexibility index (Phi) is 5.76. The zero-order chi connectivity index (χ0) is 16.4. The Labute approximate surface area is 132 Å². The summed E-state index contributed by atoms with van der Waals surface area (Å²) in [6.07, 6.45) is 0.230. The van der Waals surface area contributed by atoms with Crippen molar-refractivity contribution in [3.05, 3.63) is 22.4 Å². The zero-order valence-electron chi connectivity index (χ0n) is 12.2. The van der Waals surface area contributed by atoms with E-state index >= 15 is 0 Å². The number of halogens is 2. The topological polar surface area (TPSA) is 92.4 Å². The Balaban J connectivity index is 3.23. The second kappa shape index (κ2) is 6.60. The van der Waals surface area contributed by atoms with E-state index in [0.29, 0.717) is 0 Å². The minimum Gasteiger partial charge on any atom is -0.399 e. The Morgan fingerprint density at radius 3 is 2.48 bits per heavy atom. The van der Waals surface area contributed by atoms with Crippen molar-refractivity contribution in [2.45, 2.75) is 38.1 Å². The monoisotopic (exact) mass is 382 g/mol. The summed E-state index contributed by atoms with van der Waals surface area (Å²) in [6.45, 7) is 5.33. The number of anilines is 1. The first kappa shape index (κ1) is 18.3. The predicted octanol–water partition coefficient (Wildman–Crippen LogP) is 2.25. The van der Waals surface area contributed by atoms with Crippen LogP contribution in [0, 0.1) is 11.2 Å². The Hall–Kier alpha value is -0.700. The molecule has 1 atom stereocenters. The third kappa shape index (κ3) is 4.64. The van der Waals surface area contributed by atoms with Gasteiger partial charge in [0, 0.05) is 18.3 Å². The highest BCUT2D eigenvalue weighted by Crippen LogP contribution is 2.28. The lowest BCUT2D eigenvalue weighted by Gasteiger charge is -2.31. The molecule has 0 radical (unpaired) electrons. The summed E-state index contributed by atoms with van der Waals surface area (Å²) in [7, 11) is -4.09. The van der Waals surface area contributed by atoms with E-state index in [1.54, 1.807) is 0 Å². The minimum absolute atomic E-state index is 0.0164. The Bertz CT molecular complexity index is 615. The highest BCUT2D eigenvalue weighted by Gasteiger charge is 2.31. The fraction of sp³-hybridized carbons (Fsp3) is 0.538. The van der Waals surface area contributed by atoms with Crippen molar-refractivity contribution < 1.29 is 17.9 Å². The smallest absolute Gasteiger partial charge is 0.243 e. The van der Waals surface area contributed by atoms with E-state index in [1.807, 2.05) is 20.8 Å². The third-order valence-corrected chi connectivity index (χ3v) is 5.12. The average molecular weight is 383 g/mol. The molecule has 1 unspecified atom stereocenters. The van der Waals surface area contributed by atoms with Gasteiger partial charge in [0.25, 0.3) is 0 Å². The normalized spacial score (nSPS) is 14.2. The summed E-state index contributed by atoms with van der Waals surface area (Å²) in [4.78, 5) is -0.512. The largest absolute Gasteiger partial charge is 0.399 e. The van der Waals surface area contributed by atoms with E-state index in [1.165, 1.54) is 6.07 Å². The number of sulfonamides is 1. The number of hydrogen-bond donors (Lipinski definition) is 3. The molecular weight excluding hydrogens is 363 g/mol. The average Bonchev–Trinajstić information content (AvgIpc) is 2.31. The van der Waals surface area contributed by atoms with E-state index in [0.717, 1.165) is 6.07 Å². The van der Waals surface area contributed by atoms with Crippen LogP contribution in [0.1, 0.15) is 27.2 Å². The molecule has 5 nitrogen and oxygen atoms in total. The summed E-state index contributed by atoms with van der Waals surface area (Å²) < 4.78 is 41.2. The number of aliphatic hydroxyl groups excluding tert-OH is 1. The molecular formula is C13H20BrFN2O3S. The minimum atomic E-state index is -4.09. The number of rotatable bonds is 5. The molecule has 0 aromatic heterocycles. The zero-order valence-corrected chi connectivity index (χ0v) is 14.6. The number of nitrogens with one attached hydrogen (secondary N) is 1. The molecule has 0 saturated carbocycles. The Morgan fingerprint density at radius 2 is 2.00 bits per heavy atom. The molecule has 0 bridgehead atoms. The molecule has 120 valence electrons. The molecule has 21 heavy (non-hydrogen) atoms. The maximum atomic E-state index is 14.0. The molecule has 1 rings (SSSR count). The standard InChI is InChI=1S/C13H20BrFN2O3S/c1-13(2,3)11(4-5-18)17-21(19,20)10-7-8(16)6-9(14)12(10)15/h6-7,11,17-18H,4-5,16H2,1-3H3. The van der Waals surface area contributed by atoms with Crippen molar-refractivity contribution in [3.8, 4) is 0 Å². The van der Waals surface area contributed by atoms with Crippen molar-refractivity contribution in [3.63, 3.8) is 0 Å². The van der Waals surface area contributed by atoms with Crippen LogP contribution in [0.2, 0.25) is 0 Å². The van der Waals surface area contributed by atoms with Crippen LogP contribution in [-0.4, -0.2) is 26.2 Å². The molecule has 8 heteroatoms. The lowest BCUT2D eigenvalue weighted by atomic mass is 9.86. The number of benzene rings is 1. The van der Waals surface area contributed by atoms with Gasteiger partial charge in [0.2, 0.25) is 10.0 Å². The number of aliphatic hydroxyl groups is 1. The molecule has 0 spiro atoms. The lowest BCUT2D eigenvalue weighted by Crippen LogP contribution is -2.44. The van der Waals surface area contributed by atoms with Crippen LogP contribution in [0.15, 0.2) is 21.5 Å². The quantitative estimate of drug-likeness (QED) is 0.680. The molecule has 0 saturated heterocycles. The van der Waals surface area contributed by atoms with E-state index < -0.39 is 32.2 Å². The fourth-order valence-corrected chi connectivity index (χ4v) is 4.05. The molecule has 0 fully saturated rings. The van der Waals surface area contributed by atoms with Gasteiger partial charge in [-0.05, 0) is 39.9 Å². The molecule has 4 N–H and O–H groups in total. The van der Waals surface area contributed by atoms with Gasteiger partial charge in [0.1, 0.15) is 4.90 Å². The molecule has 1 aromatic rings. The number of hydrogen-bond acceptors (Lipinski definition) is 4. The lowest BCUT2D eigenvalue weighted by molar-refractivity contribution is 0.214. The van der Waals surface area contributed by atoms with Gasteiger partial charge in [-0.15, -0.1) is 0 Å². The van der Waals surface area contributed by atoms with Crippen LogP contribution in [-0.2, 0) is 10.0 Å². The predicted molar refractivity (Wildman–Crippen MR) is 83.8 cm³/mol. The fourth-order valence-electron chi connectivity index (χ4n) is 1.83. The van der Waals surface area contributed by atoms with Crippen molar-refractivity contribution in [2.24, 2.45) is 5.41 Å². The van der Waals surface area contributed by atoms with Gasteiger partial charge in [-0.2, -0.15) is 0 Å². The number of nitrogens with two attached hydrogens (primary N) is 1. The highest BCUT2D eigenvalue weighted by molar-refractivity contribution is 9.10. The van der Waals surface area contributed by atoms with E-state index in [2.05, 4.69) is 20.7 Å². The van der Waals surface area contributed by atoms with Gasteiger partial charge in [0.05, 0.1) is 4.47 Å². The molecule has 0 amide bonds. The van der Waals surface area contributed by atoms with Crippen molar-refractivity contribution in [2.75, 3.05) is 12.3 Å². The first-order valence-electron chi connectivity index (χ1n) is 6.36. The second-order valence-corrected chi connectivity index (χ2v) is 8.40. The summed E-state index contributed by atoms with van der Waals surface area (Å²) in [5, 5.41) is 9.07. The van der Waals surface area contributed by atoms with Gasteiger partial charge >= 0.3 is 0 Å². The van der Waals surface area contributed by atoms with E-state index in [9.17, 15) is 12.8 Å². The van der Waals surface area contributed by atoms with Crippen LogP contribution in [0.25, 0.3) is 0 Å². The van der Waals surface area contributed by atoms with Crippen molar-refractivity contribution in [1.29, 1.82) is 0 Å². The summed E-state index contributed by atoms with van der Waals surface area (Å²) in [6, 6.07) is 1.83. The van der Waals surface area contributed by atoms with Gasteiger partial charge in [-0.1, -0.05) is 20.8 Å². The summed E-state index contributed by atoms with van der Waals surface area (Å²) >= 11 is 2.94. The van der Waals surface area contributed by atoms with Crippen molar-refractivity contribution >= 4 is 31.6 Å². The van der Waals surface area contributed by atoms with Gasteiger partial charge in [-0.25, -0.2) is 17.5 Å². The van der Waals surface area contributed by atoms with E-state index in [4.69, 9.17) is 10.8 Å². The van der Waals surface area contributed by atoms with Crippen LogP contribution < -0.4 is 10.5 Å². The molecule has 0 aliphatic carbocycles. The summed E-state index contributed by atoms with van der Waals surface area (Å²) in [5.74, 6) is -0.895. The summed E-state index contributed by atoms with van der Waals surface area (Å²) in [5.41, 5.74) is 5.28.